The van der Waals surface area contributed by atoms with Crippen LogP contribution in [-0.2, 0) is 0 Å². The molecule has 0 aliphatic rings. The number of benzene rings is 2. The largest absolute Gasteiger partial charge is 0.370 e. The first-order chi connectivity index (χ1) is 8.54. The van der Waals surface area contributed by atoms with Crippen molar-refractivity contribution in [3.63, 3.8) is 0 Å². The Labute approximate surface area is 115 Å². The molecule has 0 saturated carbocycles. The molecule has 0 aliphatic heterocycles. The lowest BCUT2D eigenvalue weighted by Crippen LogP contribution is -2.23. The number of nitrogens with two attached hydrogens (primary N) is 1. The van der Waals surface area contributed by atoms with E-state index in [4.69, 9.17) is 5.73 Å². The molecule has 0 fully saturated rings. The first-order valence-electron chi connectivity index (χ1n) is 5.84. The maximum atomic E-state index is 5.81. The lowest BCUT2D eigenvalue weighted by Gasteiger charge is -2.08. The summed E-state index contributed by atoms with van der Waals surface area (Å²) in [7, 11) is 0. The molecule has 0 aromatic heterocycles. The second-order valence-electron chi connectivity index (χ2n) is 4.44. The number of anilines is 1. The highest BCUT2D eigenvalue weighted by atomic mass is 79.9. The van der Waals surface area contributed by atoms with Crippen LogP contribution in [-0.4, -0.2) is 12.0 Å². The van der Waals surface area contributed by atoms with Crippen molar-refractivity contribution < 1.29 is 0 Å². The van der Waals surface area contributed by atoms with Gasteiger partial charge in [0.05, 0.1) is 0 Å². The number of rotatable bonds is 2. The highest BCUT2D eigenvalue weighted by Gasteiger charge is 1.99. The molecule has 0 saturated heterocycles. The van der Waals surface area contributed by atoms with Crippen LogP contribution in [0, 0.1) is 0 Å². The van der Waals surface area contributed by atoms with Gasteiger partial charge in [-0.05, 0) is 48.9 Å². The first-order valence-corrected chi connectivity index (χ1v) is 6.63. The van der Waals surface area contributed by atoms with Gasteiger partial charge < -0.3 is 11.1 Å². The summed E-state index contributed by atoms with van der Waals surface area (Å²) in [6, 6.07) is 12.5. The highest BCUT2D eigenvalue weighted by molar-refractivity contribution is 9.10. The summed E-state index contributed by atoms with van der Waals surface area (Å²) in [5.74, 6) is 0.446. The number of halogens is 1. The van der Waals surface area contributed by atoms with E-state index in [1.54, 1.807) is 0 Å². The van der Waals surface area contributed by atoms with Gasteiger partial charge in [0.25, 0.3) is 0 Å². The number of hydrogen-bond donors (Lipinski definition) is 2. The smallest absolute Gasteiger partial charge is 0.193 e. The van der Waals surface area contributed by atoms with Crippen LogP contribution in [0.4, 0.5) is 5.69 Å². The van der Waals surface area contributed by atoms with Crippen molar-refractivity contribution in [2.24, 2.45) is 10.7 Å². The molecule has 4 heteroatoms. The Morgan fingerprint density at radius 1 is 1.17 bits per heavy atom. The van der Waals surface area contributed by atoms with E-state index in [0.717, 1.165) is 10.2 Å². The number of nitrogens with zero attached hydrogens (tertiary/aromatic N) is 1. The summed E-state index contributed by atoms with van der Waals surface area (Å²) < 4.78 is 1.08. The van der Waals surface area contributed by atoms with E-state index in [0.29, 0.717) is 5.96 Å². The van der Waals surface area contributed by atoms with Crippen LogP contribution < -0.4 is 11.1 Å². The van der Waals surface area contributed by atoms with Crippen molar-refractivity contribution in [2.75, 3.05) is 5.32 Å². The summed E-state index contributed by atoms with van der Waals surface area (Å²) in [5, 5.41) is 5.45. The predicted octanol–water partition coefficient (Wildman–Crippen LogP) is 3.74. The molecule has 2 aromatic rings. The van der Waals surface area contributed by atoms with E-state index >= 15 is 0 Å². The summed E-state index contributed by atoms with van der Waals surface area (Å²) >= 11 is 3.46. The number of hydrogen-bond acceptors (Lipinski definition) is 1. The quantitative estimate of drug-likeness (QED) is 0.656. The molecule has 18 heavy (non-hydrogen) atoms. The zero-order valence-corrected chi connectivity index (χ0v) is 12.0. The van der Waals surface area contributed by atoms with E-state index in [2.05, 4.69) is 50.5 Å². The molecular weight excluding hydrogens is 290 g/mol. The Kier molecular flexibility index (Phi) is 3.87. The number of nitrogens with one attached hydrogen (secondary N) is 1. The van der Waals surface area contributed by atoms with Crippen LogP contribution in [0.5, 0.6) is 0 Å². The molecule has 0 radical (unpaired) electrons. The molecule has 0 bridgehead atoms. The molecule has 3 nitrogen and oxygen atoms in total. The monoisotopic (exact) mass is 305 g/mol. The molecule has 2 rings (SSSR count). The van der Waals surface area contributed by atoms with Gasteiger partial charge in [-0.2, -0.15) is 0 Å². The second-order valence-corrected chi connectivity index (χ2v) is 5.36. The van der Waals surface area contributed by atoms with Crippen molar-refractivity contribution in [1.82, 2.24) is 0 Å². The average Bonchev–Trinajstić information content (AvgIpc) is 2.28. The zero-order valence-electron chi connectivity index (χ0n) is 10.4. The molecule has 2 aromatic carbocycles. The molecule has 3 N–H and O–H groups in total. The Morgan fingerprint density at radius 3 is 2.56 bits per heavy atom. The van der Waals surface area contributed by atoms with Crippen LogP contribution in [0.2, 0.25) is 0 Å². The third-order valence-corrected chi connectivity index (χ3v) is 2.97. The summed E-state index contributed by atoms with van der Waals surface area (Å²) in [6.07, 6.45) is 0. The van der Waals surface area contributed by atoms with Gasteiger partial charge in [0.2, 0.25) is 0 Å². The first kappa shape index (κ1) is 12.9. The van der Waals surface area contributed by atoms with Gasteiger partial charge in [-0.1, -0.05) is 28.1 Å². The fraction of sp³-hybridized carbons (Fsp3) is 0.214. The molecule has 0 spiro atoms. The highest BCUT2D eigenvalue weighted by Crippen LogP contribution is 2.22. The number of aliphatic imine (C=N–C) groups is 1. The van der Waals surface area contributed by atoms with E-state index in [1.165, 1.54) is 10.8 Å². The van der Waals surface area contributed by atoms with E-state index < -0.39 is 0 Å². The van der Waals surface area contributed by atoms with E-state index in [-0.39, 0.29) is 6.04 Å². The number of guanidine groups is 1. The molecule has 0 aliphatic carbocycles. The SMILES string of the molecule is CC(C)N=C(N)Nc1ccc2cc(Br)ccc2c1. The van der Waals surface area contributed by atoms with E-state index in [1.807, 2.05) is 26.0 Å². The minimum Gasteiger partial charge on any atom is -0.370 e. The predicted molar refractivity (Wildman–Crippen MR) is 82.0 cm³/mol. The Hall–Kier alpha value is -1.55. The van der Waals surface area contributed by atoms with Crippen molar-refractivity contribution in [3.8, 4) is 0 Å². The standard InChI is InChI=1S/C14H16BrN3/c1-9(2)17-14(16)18-13-6-4-10-7-12(15)5-3-11(10)8-13/h3-9H,1-2H3,(H3,16,17,18). The maximum absolute atomic E-state index is 5.81. The van der Waals surface area contributed by atoms with Gasteiger partial charge in [0.1, 0.15) is 0 Å². The normalized spacial score (nSPS) is 12.1. The fourth-order valence-electron chi connectivity index (χ4n) is 1.75. The van der Waals surface area contributed by atoms with Crippen molar-refractivity contribution in [2.45, 2.75) is 19.9 Å². The molecule has 0 amide bonds. The lowest BCUT2D eigenvalue weighted by atomic mass is 10.1. The average molecular weight is 306 g/mol. The lowest BCUT2D eigenvalue weighted by molar-refractivity contribution is 0.833. The second kappa shape index (κ2) is 5.40. The van der Waals surface area contributed by atoms with Gasteiger partial charge >= 0.3 is 0 Å². The minimum atomic E-state index is 0.189. The van der Waals surface area contributed by atoms with Crippen LogP contribution in [0.25, 0.3) is 10.8 Å². The van der Waals surface area contributed by atoms with Crippen LogP contribution in [0.3, 0.4) is 0 Å². The fourth-order valence-corrected chi connectivity index (χ4v) is 2.13. The Bertz CT molecular complexity index is 591. The Balaban J connectivity index is 2.28. The van der Waals surface area contributed by atoms with Crippen molar-refractivity contribution in [3.05, 3.63) is 40.9 Å². The van der Waals surface area contributed by atoms with Gasteiger partial charge in [-0.25, -0.2) is 0 Å². The third kappa shape index (κ3) is 3.23. The van der Waals surface area contributed by atoms with Crippen LogP contribution >= 0.6 is 15.9 Å². The van der Waals surface area contributed by atoms with Crippen LogP contribution in [0.1, 0.15) is 13.8 Å². The summed E-state index contributed by atoms with van der Waals surface area (Å²) in [6.45, 7) is 3.99. The van der Waals surface area contributed by atoms with Gasteiger partial charge in [-0.15, -0.1) is 0 Å². The Morgan fingerprint density at radius 2 is 1.83 bits per heavy atom. The topological polar surface area (TPSA) is 50.4 Å². The minimum absolute atomic E-state index is 0.189. The molecule has 0 atom stereocenters. The van der Waals surface area contributed by atoms with Gasteiger partial charge in [-0.3, -0.25) is 4.99 Å². The molecule has 94 valence electrons. The van der Waals surface area contributed by atoms with Gasteiger partial charge in [0.15, 0.2) is 5.96 Å². The number of fused-ring (bicyclic) bond motifs is 1. The summed E-state index contributed by atoms with van der Waals surface area (Å²) in [5.41, 5.74) is 6.76. The van der Waals surface area contributed by atoms with E-state index in [9.17, 15) is 0 Å². The maximum Gasteiger partial charge on any atom is 0.193 e. The third-order valence-electron chi connectivity index (χ3n) is 2.47. The molecule has 0 heterocycles. The van der Waals surface area contributed by atoms with Crippen LogP contribution in [0.15, 0.2) is 45.9 Å². The van der Waals surface area contributed by atoms with Gasteiger partial charge in [0, 0.05) is 16.2 Å². The summed E-state index contributed by atoms with van der Waals surface area (Å²) in [4.78, 5) is 4.24. The van der Waals surface area contributed by atoms with Crippen molar-refractivity contribution >= 4 is 38.3 Å². The zero-order chi connectivity index (χ0) is 13.1. The molecule has 0 unspecified atom stereocenters. The molecular formula is C14H16BrN3. The van der Waals surface area contributed by atoms with Crippen molar-refractivity contribution in [1.29, 1.82) is 0 Å².